The molecule has 104 valence electrons. The first-order valence-corrected chi connectivity index (χ1v) is 8.09. The standard InChI is InChI=1S/C16H35N/c1-5-9-11-15(7-3)13-17-14-16(8-4)12-10-6-2/h15-17H,5-14H2,1-4H3/p+1/t15-,16-/m1/s1. The van der Waals surface area contributed by atoms with Gasteiger partial charge in [0.15, 0.2) is 0 Å². The van der Waals surface area contributed by atoms with Gasteiger partial charge in [-0.1, -0.05) is 53.4 Å². The Morgan fingerprint density at radius 3 is 1.41 bits per heavy atom. The van der Waals surface area contributed by atoms with Crippen molar-refractivity contribution in [2.45, 2.75) is 79.1 Å². The summed E-state index contributed by atoms with van der Waals surface area (Å²) in [7, 11) is 0. The Balaban J connectivity index is 3.61. The molecule has 0 aromatic heterocycles. The molecule has 0 aromatic rings. The first-order chi connectivity index (χ1) is 8.28. The summed E-state index contributed by atoms with van der Waals surface area (Å²) >= 11 is 0. The predicted molar refractivity (Wildman–Crippen MR) is 78.3 cm³/mol. The zero-order valence-corrected chi connectivity index (χ0v) is 12.8. The van der Waals surface area contributed by atoms with Crippen molar-refractivity contribution < 1.29 is 5.32 Å². The van der Waals surface area contributed by atoms with Crippen LogP contribution >= 0.6 is 0 Å². The lowest BCUT2D eigenvalue weighted by Gasteiger charge is -2.16. The van der Waals surface area contributed by atoms with Crippen molar-refractivity contribution in [1.82, 2.24) is 0 Å². The molecular formula is C16H36N+. The lowest BCUT2D eigenvalue weighted by molar-refractivity contribution is -0.666. The summed E-state index contributed by atoms with van der Waals surface area (Å²) in [6.07, 6.45) is 11.1. The van der Waals surface area contributed by atoms with E-state index in [9.17, 15) is 0 Å². The van der Waals surface area contributed by atoms with E-state index < -0.39 is 0 Å². The van der Waals surface area contributed by atoms with Crippen molar-refractivity contribution in [3.05, 3.63) is 0 Å². The van der Waals surface area contributed by atoms with E-state index in [1.165, 1.54) is 64.5 Å². The smallest absolute Gasteiger partial charge is 0.0783 e. The van der Waals surface area contributed by atoms with Crippen LogP contribution in [0.3, 0.4) is 0 Å². The fourth-order valence-electron chi connectivity index (χ4n) is 2.53. The maximum absolute atomic E-state index is 2.59. The van der Waals surface area contributed by atoms with Crippen LogP contribution in [0.4, 0.5) is 0 Å². The largest absolute Gasteiger partial charge is 0.346 e. The number of hydrogen-bond donors (Lipinski definition) is 1. The average molecular weight is 242 g/mol. The van der Waals surface area contributed by atoms with E-state index in [1.807, 2.05) is 0 Å². The van der Waals surface area contributed by atoms with Gasteiger partial charge in [-0.2, -0.15) is 0 Å². The van der Waals surface area contributed by atoms with Gasteiger partial charge in [-0.25, -0.2) is 0 Å². The third kappa shape index (κ3) is 9.64. The Morgan fingerprint density at radius 1 is 0.706 bits per heavy atom. The van der Waals surface area contributed by atoms with E-state index in [0.717, 1.165) is 11.8 Å². The molecule has 0 aromatic carbocycles. The highest BCUT2D eigenvalue weighted by molar-refractivity contribution is 4.56. The highest BCUT2D eigenvalue weighted by Gasteiger charge is 2.11. The molecule has 0 fully saturated rings. The zero-order valence-electron chi connectivity index (χ0n) is 12.8. The number of quaternary nitrogens is 1. The fraction of sp³-hybridized carbons (Fsp3) is 1.00. The molecule has 0 bridgehead atoms. The number of rotatable bonds is 12. The normalized spacial score (nSPS) is 14.8. The van der Waals surface area contributed by atoms with Crippen molar-refractivity contribution in [3.8, 4) is 0 Å². The minimum Gasteiger partial charge on any atom is -0.346 e. The Kier molecular flexibility index (Phi) is 12.4. The highest BCUT2D eigenvalue weighted by atomic mass is 14.9. The van der Waals surface area contributed by atoms with Crippen LogP contribution in [-0.2, 0) is 0 Å². The van der Waals surface area contributed by atoms with Crippen LogP contribution in [0.15, 0.2) is 0 Å². The summed E-state index contributed by atoms with van der Waals surface area (Å²) in [5, 5.41) is 2.59. The first kappa shape index (κ1) is 17.0. The second-order valence-electron chi connectivity index (χ2n) is 5.59. The van der Waals surface area contributed by atoms with Crippen molar-refractivity contribution >= 4 is 0 Å². The second kappa shape index (κ2) is 12.4. The average Bonchev–Trinajstić information content (AvgIpc) is 2.37. The number of hydrogen-bond acceptors (Lipinski definition) is 0. The van der Waals surface area contributed by atoms with Gasteiger partial charge in [-0.3, -0.25) is 0 Å². The molecule has 1 nitrogen and oxygen atoms in total. The molecule has 2 N–H and O–H groups in total. The molecule has 0 radical (unpaired) electrons. The molecule has 0 rings (SSSR count). The van der Waals surface area contributed by atoms with Crippen LogP contribution in [0, 0.1) is 11.8 Å². The Hall–Kier alpha value is -0.0400. The van der Waals surface area contributed by atoms with E-state index >= 15 is 0 Å². The Bertz CT molecular complexity index is 128. The summed E-state index contributed by atoms with van der Waals surface area (Å²) in [5.41, 5.74) is 0. The van der Waals surface area contributed by atoms with Gasteiger partial charge in [-0.05, 0) is 25.7 Å². The van der Waals surface area contributed by atoms with Crippen molar-refractivity contribution in [2.24, 2.45) is 11.8 Å². The minimum atomic E-state index is 0.957. The molecule has 0 amide bonds. The van der Waals surface area contributed by atoms with Crippen molar-refractivity contribution in [2.75, 3.05) is 13.1 Å². The van der Waals surface area contributed by atoms with Crippen LogP contribution in [0.25, 0.3) is 0 Å². The topological polar surface area (TPSA) is 16.6 Å². The van der Waals surface area contributed by atoms with Gasteiger partial charge in [0.1, 0.15) is 0 Å². The SMILES string of the molecule is CCCC[C@@H](CC)C[NH2+]C[C@H](CC)CCCC. The maximum Gasteiger partial charge on any atom is 0.0783 e. The van der Waals surface area contributed by atoms with E-state index in [-0.39, 0.29) is 0 Å². The van der Waals surface area contributed by atoms with Gasteiger partial charge in [0.25, 0.3) is 0 Å². The highest BCUT2D eigenvalue weighted by Crippen LogP contribution is 2.11. The zero-order chi connectivity index (χ0) is 12.9. The van der Waals surface area contributed by atoms with Crippen molar-refractivity contribution in [3.63, 3.8) is 0 Å². The summed E-state index contributed by atoms with van der Waals surface area (Å²) in [6, 6.07) is 0. The van der Waals surface area contributed by atoms with Crippen LogP contribution < -0.4 is 5.32 Å². The van der Waals surface area contributed by atoms with E-state index in [1.54, 1.807) is 0 Å². The third-order valence-corrected chi connectivity index (χ3v) is 4.09. The molecule has 0 aliphatic heterocycles. The lowest BCUT2D eigenvalue weighted by Crippen LogP contribution is -2.86. The van der Waals surface area contributed by atoms with Gasteiger partial charge >= 0.3 is 0 Å². The number of nitrogens with two attached hydrogens (primary N) is 1. The van der Waals surface area contributed by atoms with E-state index in [2.05, 4.69) is 33.0 Å². The number of unbranched alkanes of at least 4 members (excludes halogenated alkanes) is 2. The molecule has 0 heterocycles. The van der Waals surface area contributed by atoms with Gasteiger partial charge in [-0.15, -0.1) is 0 Å². The second-order valence-corrected chi connectivity index (χ2v) is 5.59. The Morgan fingerprint density at radius 2 is 1.12 bits per heavy atom. The molecule has 0 unspecified atom stereocenters. The van der Waals surface area contributed by atoms with Crippen LogP contribution in [0.5, 0.6) is 0 Å². The van der Waals surface area contributed by atoms with Crippen LogP contribution in [0.1, 0.15) is 79.1 Å². The van der Waals surface area contributed by atoms with Crippen LogP contribution in [0.2, 0.25) is 0 Å². The molecule has 0 aliphatic rings. The van der Waals surface area contributed by atoms with E-state index in [4.69, 9.17) is 0 Å². The third-order valence-electron chi connectivity index (χ3n) is 4.09. The summed E-state index contributed by atoms with van der Waals surface area (Å²) in [5.74, 6) is 1.91. The molecule has 0 saturated heterocycles. The predicted octanol–water partition coefficient (Wildman–Crippen LogP) is 3.98. The quantitative estimate of drug-likeness (QED) is 0.533. The first-order valence-electron chi connectivity index (χ1n) is 8.09. The molecule has 1 heteroatoms. The monoisotopic (exact) mass is 242 g/mol. The molecule has 0 aliphatic carbocycles. The summed E-state index contributed by atoms with van der Waals surface area (Å²) < 4.78 is 0. The van der Waals surface area contributed by atoms with E-state index in [0.29, 0.717) is 0 Å². The van der Waals surface area contributed by atoms with Gasteiger partial charge in [0.2, 0.25) is 0 Å². The lowest BCUT2D eigenvalue weighted by atomic mass is 9.97. The van der Waals surface area contributed by atoms with Gasteiger partial charge in [0.05, 0.1) is 13.1 Å². The molecule has 17 heavy (non-hydrogen) atoms. The fourth-order valence-corrected chi connectivity index (χ4v) is 2.53. The van der Waals surface area contributed by atoms with Crippen molar-refractivity contribution in [1.29, 1.82) is 0 Å². The molecule has 2 atom stereocenters. The van der Waals surface area contributed by atoms with Gasteiger partial charge in [0, 0.05) is 11.8 Å². The Labute approximate surface area is 110 Å². The molecular weight excluding hydrogens is 206 g/mol. The van der Waals surface area contributed by atoms with Gasteiger partial charge < -0.3 is 5.32 Å². The summed E-state index contributed by atoms with van der Waals surface area (Å²) in [4.78, 5) is 0. The molecule has 0 saturated carbocycles. The van der Waals surface area contributed by atoms with Crippen LogP contribution in [-0.4, -0.2) is 13.1 Å². The maximum atomic E-state index is 2.59. The summed E-state index contributed by atoms with van der Waals surface area (Å²) in [6.45, 7) is 12.0. The minimum absolute atomic E-state index is 0.957. The molecule has 0 spiro atoms.